The SMILES string of the molecule is Clc1ccc2c(SNc3noc4ccc(Cl)cc34)c[nH]c2c1. The second-order valence-corrected chi connectivity index (χ2v) is 6.44. The molecule has 22 heavy (non-hydrogen) atoms. The summed E-state index contributed by atoms with van der Waals surface area (Å²) >= 11 is 13.5. The average molecular weight is 350 g/mol. The highest BCUT2D eigenvalue weighted by Gasteiger charge is 2.10. The fourth-order valence-electron chi connectivity index (χ4n) is 2.24. The minimum absolute atomic E-state index is 0.644. The molecule has 0 aliphatic heterocycles. The third-order valence-corrected chi connectivity index (χ3v) is 4.62. The predicted octanol–water partition coefficient (Wildman–Crippen LogP) is 5.74. The number of nitrogens with zero attached hydrogens (tertiary/aromatic N) is 1. The van der Waals surface area contributed by atoms with Gasteiger partial charge in [0.15, 0.2) is 11.4 Å². The molecule has 0 amide bonds. The van der Waals surface area contributed by atoms with Gasteiger partial charge in [0.05, 0.1) is 10.3 Å². The Morgan fingerprint density at radius 2 is 1.86 bits per heavy atom. The molecule has 2 aromatic heterocycles. The highest BCUT2D eigenvalue weighted by atomic mass is 35.5. The largest absolute Gasteiger partial charge is 0.360 e. The van der Waals surface area contributed by atoms with Gasteiger partial charge in [-0.05, 0) is 42.3 Å². The summed E-state index contributed by atoms with van der Waals surface area (Å²) in [6, 6.07) is 11.1. The zero-order valence-electron chi connectivity index (χ0n) is 11.1. The van der Waals surface area contributed by atoms with Gasteiger partial charge in [-0.1, -0.05) is 34.4 Å². The van der Waals surface area contributed by atoms with Crippen molar-refractivity contribution in [2.24, 2.45) is 0 Å². The van der Waals surface area contributed by atoms with E-state index in [4.69, 9.17) is 27.7 Å². The summed E-state index contributed by atoms with van der Waals surface area (Å²) in [4.78, 5) is 4.24. The molecular weight excluding hydrogens is 341 g/mol. The summed E-state index contributed by atoms with van der Waals surface area (Å²) in [6.07, 6.45) is 1.92. The van der Waals surface area contributed by atoms with Crippen LogP contribution < -0.4 is 4.72 Å². The Labute approximate surface area is 139 Å². The van der Waals surface area contributed by atoms with Crippen molar-refractivity contribution in [2.75, 3.05) is 4.72 Å². The summed E-state index contributed by atoms with van der Waals surface area (Å²) in [5, 5.41) is 7.32. The maximum Gasteiger partial charge on any atom is 0.187 e. The number of benzene rings is 2. The number of rotatable bonds is 3. The highest BCUT2D eigenvalue weighted by molar-refractivity contribution is 8.00. The molecule has 4 nitrogen and oxygen atoms in total. The number of aromatic amines is 1. The Bertz CT molecular complexity index is 979. The number of fused-ring (bicyclic) bond motifs is 2. The van der Waals surface area contributed by atoms with E-state index in [0.29, 0.717) is 21.4 Å². The van der Waals surface area contributed by atoms with Crippen LogP contribution in [-0.4, -0.2) is 10.1 Å². The number of aromatic nitrogens is 2. The normalized spacial score (nSPS) is 11.4. The van der Waals surface area contributed by atoms with E-state index in [0.717, 1.165) is 21.2 Å². The Hall–Kier alpha value is -1.82. The molecule has 0 aliphatic rings. The number of H-pyrrole nitrogens is 1. The lowest BCUT2D eigenvalue weighted by Gasteiger charge is -2.01. The zero-order chi connectivity index (χ0) is 15.1. The van der Waals surface area contributed by atoms with Crippen molar-refractivity contribution in [1.82, 2.24) is 10.1 Å². The van der Waals surface area contributed by atoms with Crippen molar-refractivity contribution in [1.29, 1.82) is 0 Å². The van der Waals surface area contributed by atoms with Crippen molar-refractivity contribution < 1.29 is 4.52 Å². The van der Waals surface area contributed by atoms with Gasteiger partial charge in [-0.3, -0.25) is 0 Å². The lowest BCUT2D eigenvalue weighted by atomic mass is 10.2. The minimum Gasteiger partial charge on any atom is -0.360 e. The average Bonchev–Trinajstić information content (AvgIpc) is 3.08. The highest BCUT2D eigenvalue weighted by Crippen LogP contribution is 2.33. The van der Waals surface area contributed by atoms with E-state index >= 15 is 0 Å². The molecule has 0 unspecified atom stereocenters. The van der Waals surface area contributed by atoms with E-state index < -0.39 is 0 Å². The van der Waals surface area contributed by atoms with Crippen molar-refractivity contribution in [2.45, 2.75) is 4.90 Å². The Kier molecular flexibility index (Phi) is 3.41. The zero-order valence-corrected chi connectivity index (χ0v) is 13.4. The fourth-order valence-corrected chi connectivity index (χ4v) is 3.35. The van der Waals surface area contributed by atoms with Crippen LogP contribution >= 0.6 is 35.1 Å². The summed E-state index contributed by atoms with van der Waals surface area (Å²) in [6.45, 7) is 0. The molecule has 4 rings (SSSR count). The van der Waals surface area contributed by atoms with Crippen LogP contribution in [0.3, 0.4) is 0 Å². The van der Waals surface area contributed by atoms with Crippen LogP contribution in [0.2, 0.25) is 10.0 Å². The second kappa shape index (κ2) is 5.43. The van der Waals surface area contributed by atoms with Crippen molar-refractivity contribution >= 4 is 62.8 Å². The van der Waals surface area contributed by atoms with Gasteiger partial charge < -0.3 is 14.2 Å². The first-order valence-electron chi connectivity index (χ1n) is 6.45. The van der Waals surface area contributed by atoms with Gasteiger partial charge >= 0.3 is 0 Å². The van der Waals surface area contributed by atoms with Crippen LogP contribution in [0.25, 0.3) is 21.9 Å². The van der Waals surface area contributed by atoms with Crippen molar-refractivity contribution in [3.8, 4) is 0 Å². The number of anilines is 1. The van der Waals surface area contributed by atoms with Crippen LogP contribution in [0.4, 0.5) is 5.82 Å². The molecule has 110 valence electrons. The molecular formula is C15H9Cl2N3OS. The molecule has 0 saturated carbocycles. The number of hydrogen-bond acceptors (Lipinski definition) is 4. The standard InChI is InChI=1S/C15H9Cl2N3OS/c16-8-2-4-13-11(5-8)15(19-21-13)20-22-14-7-18-12-6-9(17)1-3-10(12)14/h1-7,18H,(H,19,20). The molecule has 0 atom stereocenters. The molecule has 2 aromatic carbocycles. The van der Waals surface area contributed by atoms with E-state index in [1.807, 2.05) is 30.5 Å². The van der Waals surface area contributed by atoms with Crippen molar-refractivity contribution in [3.05, 3.63) is 52.6 Å². The molecule has 0 spiro atoms. The van der Waals surface area contributed by atoms with E-state index in [1.54, 1.807) is 12.1 Å². The van der Waals surface area contributed by atoms with Gasteiger partial charge in [0.1, 0.15) is 0 Å². The fraction of sp³-hybridized carbons (Fsp3) is 0. The number of hydrogen-bond donors (Lipinski definition) is 2. The van der Waals surface area contributed by atoms with Gasteiger partial charge in [-0.2, -0.15) is 0 Å². The third kappa shape index (κ3) is 2.41. The van der Waals surface area contributed by atoms with Gasteiger partial charge in [0.2, 0.25) is 0 Å². The summed E-state index contributed by atoms with van der Waals surface area (Å²) in [5.74, 6) is 0.644. The minimum atomic E-state index is 0.644. The first-order valence-corrected chi connectivity index (χ1v) is 8.02. The van der Waals surface area contributed by atoms with Gasteiger partial charge in [0.25, 0.3) is 0 Å². The number of halogens is 2. The van der Waals surface area contributed by atoms with Crippen LogP contribution in [-0.2, 0) is 0 Å². The molecule has 0 aliphatic carbocycles. The molecule has 2 N–H and O–H groups in total. The Morgan fingerprint density at radius 3 is 2.77 bits per heavy atom. The van der Waals surface area contributed by atoms with Gasteiger partial charge in [-0.25, -0.2) is 0 Å². The van der Waals surface area contributed by atoms with Crippen LogP contribution in [0.15, 0.2) is 52.0 Å². The predicted molar refractivity (Wildman–Crippen MR) is 91.8 cm³/mol. The topological polar surface area (TPSA) is 53.9 Å². The molecule has 0 fully saturated rings. The van der Waals surface area contributed by atoms with E-state index in [2.05, 4.69) is 14.9 Å². The van der Waals surface area contributed by atoms with Crippen LogP contribution in [0, 0.1) is 0 Å². The maximum atomic E-state index is 6.02. The molecule has 4 aromatic rings. The van der Waals surface area contributed by atoms with E-state index in [1.165, 1.54) is 11.9 Å². The first-order chi connectivity index (χ1) is 10.7. The smallest absolute Gasteiger partial charge is 0.187 e. The molecule has 0 bridgehead atoms. The van der Waals surface area contributed by atoms with Crippen LogP contribution in [0.5, 0.6) is 0 Å². The quantitative estimate of drug-likeness (QED) is 0.463. The van der Waals surface area contributed by atoms with Gasteiger partial charge in [-0.15, -0.1) is 0 Å². The van der Waals surface area contributed by atoms with Crippen LogP contribution in [0.1, 0.15) is 0 Å². The summed E-state index contributed by atoms with van der Waals surface area (Å²) in [7, 11) is 0. The Morgan fingerprint density at radius 1 is 1.05 bits per heavy atom. The first kappa shape index (κ1) is 13.8. The third-order valence-electron chi connectivity index (χ3n) is 3.30. The number of nitrogens with one attached hydrogen (secondary N) is 2. The molecule has 0 saturated heterocycles. The lowest BCUT2D eigenvalue weighted by Crippen LogP contribution is -1.86. The monoisotopic (exact) mass is 349 g/mol. The van der Waals surface area contributed by atoms with E-state index in [9.17, 15) is 0 Å². The van der Waals surface area contributed by atoms with E-state index in [-0.39, 0.29) is 0 Å². The second-order valence-electron chi connectivity index (χ2n) is 4.72. The lowest BCUT2D eigenvalue weighted by molar-refractivity contribution is 0.460. The van der Waals surface area contributed by atoms with Gasteiger partial charge in [0, 0.05) is 27.1 Å². The van der Waals surface area contributed by atoms with Crippen molar-refractivity contribution in [3.63, 3.8) is 0 Å². The summed E-state index contributed by atoms with van der Waals surface area (Å²) in [5.41, 5.74) is 1.68. The summed E-state index contributed by atoms with van der Waals surface area (Å²) < 4.78 is 8.47. The maximum absolute atomic E-state index is 6.02. The molecule has 7 heteroatoms. The molecule has 2 heterocycles. The Balaban J connectivity index is 1.64. The molecule has 0 radical (unpaired) electrons.